The zero-order valence-electron chi connectivity index (χ0n) is 13.6. The van der Waals surface area contributed by atoms with Crippen LogP contribution in [0.15, 0.2) is 24.3 Å². The molecule has 0 unspecified atom stereocenters. The number of halogens is 1. The van der Waals surface area contributed by atoms with Gasteiger partial charge in [-0.05, 0) is 62.5 Å². The van der Waals surface area contributed by atoms with E-state index in [4.69, 9.17) is 0 Å². The van der Waals surface area contributed by atoms with Gasteiger partial charge in [-0.3, -0.25) is 4.79 Å². The lowest BCUT2D eigenvalue weighted by molar-refractivity contribution is -0.131. The molecular formula is C18H26FN3O. The van der Waals surface area contributed by atoms with E-state index in [0.717, 1.165) is 51.4 Å². The molecule has 126 valence electrons. The largest absolute Gasteiger partial charge is 0.368 e. The third kappa shape index (κ3) is 4.44. The van der Waals surface area contributed by atoms with Crippen LogP contribution in [0.1, 0.15) is 25.7 Å². The van der Waals surface area contributed by atoms with Crippen LogP contribution in [0.2, 0.25) is 0 Å². The summed E-state index contributed by atoms with van der Waals surface area (Å²) in [5, 5.41) is 3.37. The number of hydrogen-bond acceptors (Lipinski definition) is 3. The van der Waals surface area contributed by atoms with Gasteiger partial charge in [0.2, 0.25) is 5.91 Å². The highest BCUT2D eigenvalue weighted by Crippen LogP contribution is 2.20. The zero-order valence-corrected chi connectivity index (χ0v) is 13.6. The number of rotatable bonds is 4. The maximum Gasteiger partial charge on any atom is 0.222 e. The second-order valence-corrected chi connectivity index (χ2v) is 6.58. The van der Waals surface area contributed by atoms with Gasteiger partial charge < -0.3 is 15.1 Å². The van der Waals surface area contributed by atoms with E-state index in [1.54, 1.807) is 0 Å². The fraction of sp³-hybridized carbons (Fsp3) is 0.611. The molecule has 2 aliphatic rings. The molecule has 0 radical (unpaired) electrons. The summed E-state index contributed by atoms with van der Waals surface area (Å²) in [7, 11) is 0. The summed E-state index contributed by atoms with van der Waals surface area (Å²) < 4.78 is 13.0. The number of carbonyl (C=O) groups excluding carboxylic acids is 1. The zero-order chi connectivity index (χ0) is 16.1. The lowest BCUT2D eigenvalue weighted by Crippen LogP contribution is -2.48. The van der Waals surface area contributed by atoms with Gasteiger partial charge in [0, 0.05) is 38.3 Å². The molecule has 2 fully saturated rings. The minimum absolute atomic E-state index is 0.208. The van der Waals surface area contributed by atoms with Crippen molar-refractivity contribution in [1.29, 1.82) is 0 Å². The molecule has 0 bridgehead atoms. The molecule has 2 heterocycles. The van der Waals surface area contributed by atoms with Crippen molar-refractivity contribution in [3.63, 3.8) is 0 Å². The Balaban J connectivity index is 1.42. The molecule has 0 atom stereocenters. The number of piperazine rings is 1. The lowest BCUT2D eigenvalue weighted by Gasteiger charge is -2.36. The predicted octanol–water partition coefficient (Wildman–Crippen LogP) is 2.25. The van der Waals surface area contributed by atoms with E-state index in [9.17, 15) is 9.18 Å². The topological polar surface area (TPSA) is 35.6 Å². The summed E-state index contributed by atoms with van der Waals surface area (Å²) in [5.41, 5.74) is 1.04. The molecule has 4 nitrogen and oxygen atoms in total. The standard InChI is InChI=1S/C18H26FN3O/c19-16-2-4-17(5-3-16)21-11-13-22(14-12-21)18(23)6-1-15-7-9-20-10-8-15/h2-5,15,20H,1,6-14H2. The molecule has 3 rings (SSSR count). The van der Waals surface area contributed by atoms with Crippen LogP contribution >= 0.6 is 0 Å². The van der Waals surface area contributed by atoms with Crippen molar-refractivity contribution in [2.24, 2.45) is 5.92 Å². The Bertz CT molecular complexity index is 506. The average Bonchev–Trinajstić information content (AvgIpc) is 2.61. The van der Waals surface area contributed by atoms with Crippen molar-refractivity contribution < 1.29 is 9.18 Å². The molecule has 1 aromatic carbocycles. The molecule has 1 aromatic rings. The molecule has 2 aliphatic heterocycles. The quantitative estimate of drug-likeness (QED) is 0.925. The average molecular weight is 319 g/mol. The molecule has 0 aromatic heterocycles. The number of nitrogens with zero attached hydrogens (tertiary/aromatic N) is 2. The van der Waals surface area contributed by atoms with E-state index in [1.165, 1.54) is 25.0 Å². The normalized spacial score (nSPS) is 19.9. The van der Waals surface area contributed by atoms with Gasteiger partial charge in [-0.1, -0.05) is 0 Å². The molecule has 1 amide bonds. The summed E-state index contributed by atoms with van der Waals surface area (Å²) in [5.74, 6) is 0.795. The Labute approximate surface area is 137 Å². The summed E-state index contributed by atoms with van der Waals surface area (Å²) in [6, 6.07) is 6.60. The molecule has 0 aliphatic carbocycles. The van der Waals surface area contributed by atoms with Crippen LogP contribution in [0.4, 0.5) is 10.1 Å². The van der Waals surface area contributed by atoms with Crippen LogP contribution < -0.4 is 10.2 Å². The Hall–Kier alpha value is -1.62. The smallest absolute Gasteiger partial charge is 0.222 e. The summed E-state index contributed by atoms with van der Waals surface area (Å²) in [6.45, 7) is 5.37. The monoisotopic (exact) mass is 319 g/mol. The fourth-order valence-electron chi connectivity index (χ4n) is 3.52. The molecule has 2 saturated heterocycles. The van der Waals surface area contributed by atoms with Crippen LogP contribution in [0.3, 0.4) is 0 Å². The first kappa shape index (κ1) is 16.2. The molecule has 5 heteroatoms. The number of benzene rings is 1. The highest BCUT2D eigenvalue weighted by molar-refractivity contribution is 5.76. The van der Waals surface area contributed by atoms with Gasteiger partial charge in [0.05, 0.1) is 0 Å². The predicted molar refractivity (Wildman–Crippen MR) is 90.0 cm³/mol. The maximum absolute atomic E-state index is 13.0. The summed E-state index contributed by atoms with van der Waals surface area (Å²) in [4.78, 5) is 16.6. The molecule has 23 heavy (non-hydrogen) atoms. The minimum atomic E-state index is -0.208. The third-order valence-corrected chi connectivity index (χ3v) is 5.05. The van der Waals surface area contributed by atoms with E-state index in [2.05, 4.69) is 10.2 Å². The number of nitrogens with one attached hydrogen (secondary N) is 1. The number of amides is 1. The first-order valence-electron chi connectivity index (χ1n) is 8.71. The van der Waals surface area contributed by atoms with Crippen LogP contribution in [0.5, 0.6) is 0 Å². The van der Waals surface area contributed by atoms with Crippen molar-refractivity contribution in [2.45, 2.75) is 25.7 Å². The molecular weight excluding hydrogens is 293 g/mol. The number of anilines is 1. The first-order valence-corrected chi connectivity index (χ1v) is 8.71. The lowest BCUT2D eigenvalue weighted by atomic mass is 9.93. The van der Waals surface area contributed by atoms with Crippen molar-refractivity contribution in [3.05, 3.63) is 30.1 Å². The van der Waals surface area contributed by atoms with Crippen molar-refractivity contribution in [1.82, 2.24) is 10.2 Å². The van der Waals surface area contributed by atoms with E-state index < -0.39 is 0 Å². The Morgan fingerprint density at radius 2 is 1.74 bits per heavy atom. The second kappa shape index (κ2) is 7.77. The van der Waals surface area contributed by atoms with Gasteiger partial charge in [0.15, 0.2) is 0 Å². The van der Waals surface area contributed by atoms with Crippen molar-refractivity contribution in [2.75, 3.05) is 44.2 Å². The second-order valence-electron chi connectivity index (χ2n) is 6.58. The van der Waals surface area contributed by atoms with Crippen molar-refractivity contribution in [3.8, 4) is 0 Å². The SMILES string of the molecule is O=C(CCC1CCNCC1)N1CCN(c2ccc(F)cc2)CC1. The van der Waals surface area contributed by atoms with Gasteiger partial charge in [-0.25, -0.2) is 4.39 Å². The van der Waals surface area contributed by atoms with Crippen LogP contribution in [-0.2, 0) is 4.79 Å². The van der Waals surface area contributed by atoms with Crippen LogP contribution in [0, 0.1) is 11.7 Å². The van der Waals surface area contributed by atoms with Crippen molar-refractivity contribution >= 4 is 11.6 Å². The first-order chi connectivity index (χ1) is 11.2. The number of hydrogen-bond donors (Lipinski definition) is 1. The number of carbonyl (C=O) groups is 1. The number of piperidine rings is 1. The highest BCUT2D eigenvalue weighted by Gasteiger charge is 2.22. The summed E-state index contributed by atoms with van der Waals surface area (Å²) in [6.07, 6.45) is 4.11. The van der Waals surface area contributed by atoms with Gasteiger partial charge in [-0.15, -0.1) is 0 Å². The third-order valence-electron chi connectivity index (χ3n) is 5.05. The van der Waals surface area contributed by atoms with E-state index >= 15 is 0 Å². The molecule has 0 saturated carbocycles. The van der Waals surface area contributed by atoms with Gasteiger partial charge >= 0.3 is 0 Å². The van der Waals surface area contributed by atoms with Crippen LogP contribution in [0.25, 0.3) is 0 Å². The van der Waals surface area contributed by atoms with E-state index in [1.807, 2.05) is 17.0 Å². The highest BCUT2D eigenvalue weighted by atomic mass is 19.1. The Kier molecular flexibility index (Phi) is 5.49. The molecule has 1 N–H and O–H groups in total. The van der Waals surface area contributed by atoms with E-state index in [0.29, 0.717) is 18.2 Å². The minimum Gasteiger partial charge on any atom is -0.368 e. The maximum atomic E-state index is 13.0. The summed E-state index contributed by atoms with van der Waals surface area (Å²) >= 11 is 0. The van der Waals surface area contributed by atoms with Gasteiger partial charge in [0.25, 0.3) is 0 Å². The molecule has 0 spiro atoms. The van der Waals surface area contributed by atoms with E-state index in [-0.39, 0.29) is 5.82 Å². The fourth-order valence-corrected chi connectivity index (χ4v) is 3.52. The Morgan fingerprint density at radius 1 is 1.09 bits per heavy atom. The van der Waals surface area contributed by atoms with Gasteiger partial charge in [0.1, 0.15) is 5.82 Å². The Morgan fingerprint density at radius 3 is 2.39 bits per heavy atom. The van der Waals surface area contributed by atoms with Gasteiger partial charge in [-0.2, -0.15) is 0 Å². The van der Waals surface area contributed by atoms with Crippen LogP contribution in [-0.4, -0.2) is 50.1 Å².